The van der Waals surface area contributed by atoms with Gasteiger partial charge in [0.25, 0.3) is 0 Å². The SMILES string of the molecule is CCCCC(=O)N[C@H](C(=O)Nc1nnc(-c2cccc(Cl)c2)s1)[C@@H](C)CC. The number of rotatable bonds is 9. The highest BCUT2D eigenvalue weighted by atomic mass is 35.5. The number of hydrogen-bond donors (Lipinski definition) is 2. The first-order valence-electron chi connectivity index (χ1n) is 9.14. The third-order valence-electron chi connectivity index (χ3n) is 4.30. The van der Waals surface area contributed by atoms with Gasteiger partial charge in [-0.1, -0.05) is 68.7 Å². The molecule has 0 aliphatic carbocycles. The number of unbranched alkanes of at least 4 members (excludes halogenated alkanes) is 1. The Morgan fingerprint density at radius 1 is 1.26 bits per heavy atom. The largest absolute Gasteiger partial charge is 0.344 e. The van der Waals surface area contributed by atoms with E-state index in [1.807, 2.05) is 32.9 Å². The molecule has 2 aromatic rings. The normalized spacial score (nSPS) is 13.0. The molecule has 0 unspecified atom stereocenters. The van der Waals surface area contributed by atoms with Gasteiger partial charge < -0.3 is 5.32 Å². The van der Waals surface area contributed by atoms with Crippen LogP contribution in [0.3, 0.4) is 0 Å². The number of aromatic nitrogens is 2. The minimum absolute atomic E-state index is 0.0101. The summed E-state index contributed by atoms with van der Waals surface area (Å²) in [5, 5.41) is 15.5. The van der Waals surface area contributed by atoms with E-state index in [1.54, 1.807) is 12.1 Å². The van der Waals surface area contributed by atoms with Crippen LogP contribution in [0.25, 0.3) is 10.6 Å². The molecular formula is C19H25ClN4O2S. The molecule has 6 nitrogen and oxygen atoms in total. The van der Waals surface area contributed by atoms with Crippen molar-refractivity contribution >= 4 is 39.9 Å². The smallest absolute Gasteiger partial charge is 0.249 e. The number of carbonyl (C=O) groups is 2. The number of amides is 2. The van der Waals surface area contributed by atoms with Crippen LogP contribution in [0, 0.1) is 5.92 Å². The summed E-state index contributed by atoms with van der Waals surface area (Å²) in [6.45, 7) is 5.96. The van der Waals surface area contributed by atoms with Crippen molar-refractivity contribution in [2.75, 3.05) is 5.32 Å². The van der Waals surface area contributed by atoms with Crippen molar-refractivity contribution in [2.24, 2.45) is 5.92 Å². The van der Waals surface area contributed by atoms with E-state index in [0.29, 0.717) is 21.6 Å². The standard InChI is InChI=1S/C19H25ClN4O2S/c1-4-6-10-15(25)21-16(12(3)5-2)17(26)22-19-24-23-18(27-19)13-8-7-9-14(20)11-13/h7-9,11-12,16H,4-6,10H2,1-3H3,(H,21,25)(H,22,24,26)/t12-,16-/m0/s1. The zero-order valence-corrected chi connectivity index (χ0v) is 17.4. The molecule has 2 rings (SSSR count). The molecule has 2 atom stereocenters. The van der Waals surface area contributed by atoms with Gasteiger partial charge in [0.15, 0.2) is 0 Å². The molecule has 1 heterocycles. The van der Waals surface area contributed by atoms with E-state index in [2.05, 4.69) is 20.8 Å². The van der Waals surface area contributed by atoms with Gasteiger partial charge in [-0.3, -0.25) is 14.9 Å². The molecule has 0 aliphatic rings. The van der Waals surface area contributed by atoms with Gasteiger partial charge in [-0.2, -0.15) is 0 Å². The number of halogens is 1. The van der Waals surface area contributed by atoms with Crippen LogP contribution in [-0.4, -0.2) is 28.1 Å². The van der Waals surface area contributed by atoms with Crippen LogP contribution < -0.4 is 10.6 Å². The molecular weight excluding hydrogens is 384 g/mol. The maximum absolute atomic E-state index is 12.7. The van der Waals surface area contributed by atoms with Crippen molar-refractivity contribution < 1.29 is 9.59 Å². The van der Waals surface area contributed by atoms with Crippen molar-refractivity contribution in [1.82, 2.24) is 15.5 Å². The van der Waals surface area contributed by atoms with E-state index in [1.165, 1.54) is 11.3 Å². The van der Waals surface area contributed by atoms with E-state index in [-0.39, 0.29) is 17.7 Å². The maximum Gasteiger partial charge on any atom is 0.249 e. The fourth-order valence-corrected chi connectivity index (χ4v) is 3.41. The van der Waals surface area contributed by atoms with Gasteiger partial charge in [0.1, 0.15) is 11.0 Å². The second-order valence-corrected chi connectivity index (χ2v) is 7.86. The van der Waals surface area contributed by atoms with Crippen LogP contribution in [0.5, 0.6) is 0 Å². The summed E-state index contributed by atoms with van der Waals surface area (Å²) in [7, 11) is 0. The lowest BCUT2D eigenvalue weighted by atomic mass is 9.98. The topological polar surface area (TPSA) is 84.0 Å². The zero-order valence-electron chi connectivity index (χ0n) is 15.8. The molecule has 0 aliphatic heterocycles. The summed E-state index contributed by atoms with van der Waals surface area (Å²) >= 11 is 7.28. The number of anilines is 1. The Balaban J connectivity index is 2.07. The first-order valence-corrected chi connectivity index (χ1v) is 10.3. The summed E-state index contributed by atoms with van der Waals surface area (Å²) < 4.78 is 0. The summed E-state index contributed by atoms with van der Waals surface area (Å²) in [5.41, 5.74) is 0.840. The van der Waals surface area contributed by atoms with Crippen molar-refractivity contribution in [1.29, 1.82) is 0 Å². The van der Waals surface area contributed by atoms with Crippen LogP contribution in [0.4, 0.5) is 5.13 Å². The number of nitrogens with zero attached hydrogens (tertiary/aromatic N) is 2. The van der Waals surface area contributed by atoms with Gasteiger partial charge in [-0.15, -0.1) is 10.2 Å². The number of nitrogens with one attached hydrogen (secondary N) is 2. The zero-order chi connectivity index (χ0) is 19.8. The van der Waals surface area contributed by atoms with Crippen molar-refractivity contribution in [2.45, 2.75) is 52.5 Å². The molecule has 0 bridgehead atoms. The van der Waals surface area contributed by atoms with Crippen molar-refractivity contribution in [3.63, 3.8) is 0 Å². The minimum atomic E-state index is -0.599. The van der Waals surface area contributed by atoms with Crippen LogP contribution >= 0.6 is 22.9 Å². The third-order valence-corrected chi connectivity index (χ3v) is 5.42. The lowest BCUT2D eigenvalue weighted by molar-refractivity contribution is -0.127. The number of hydrogen-bond acceptors (Lipinski definition) is 5. The Morgan fingerprint density at radius 3 is 2.70 bits per heavy atom. The monoisotopic (exact) mass is 408 g/mol. The molecule has 0 fully saturated rings. The Labute approximate surface area is 168 Å². The fraction of sp³-hybridized carbons (Fsp3) is 0.474. The average Bonchev–Trinajstić information content (AvgIpc) is 3.12. The number of benzene rings is 1. The Hall–Kier alpha value is -1.99. The molecule has 0 saturated heterocycles. The predicted molar refractivity (Wildman–Crippen MR) is 110 cm³/mol. The average molecular weight is 409 g/mol. The van der Waals surface area contributed by atoms with Crippen LogP contribution in [0.1, 0.15) is 46.5 Å². The van der Waals surface area contributed by atoms with Crippen LogP contribution in [0.2, 0.25) is 5.02 Å². The molecule has 2 N–H and O–H groups in total. The predicted octanol–water partition coefficient (Wildman–Crippen LogP) is 4.52. The maximum atomic E-state index is 12.7. The van der Waals surface area contributed by atoms with Crippen molar-refractivity contribution in [3.8, 4) is 10.6 Å². The molecule has 0 spiro atoms. The van der Waals surface area contributed by atoms with Gasteiger partial charge in [-0.05, 0) is 24.5 Å². The van der Waals surface area contributed by atoms with Crippen LogP contribution in [-0.2, 0) is 9.59 Å². The van der Waals surface area contributed by atoms with E-state index in [0.717, 1.165) is 24.8 Å². The minimum Gasteiger partial charge on any atom is -0.344 e. The second kappa shape index (κ2) is 10.4. The van der Waals surface area contributed by atoms with Gasteiger partial charge in [0.05, 0.1) is 0 Å². The number of carbonyl (C=O) groups excluding carboxylic acids is 2. The Kier molecular flexibility index (Phi) is 8.19. The molecule has 1 aromatic heterocycles. The lowest BCUT2D eigenvalue weighted by Gasteiger charge is -2.22. The van der Waals surface area contributed by atoms with Gasteiger partial charge in [0.2, 0.25) is 16.9 Å². The molecule has 1 aromatic carbocycles. The molecule has 8 heteroatoms. The van der Waals surface area contributed by atoms with E-state index in [4.69, 9.17) is 11.6 Å². The summed E-state index contributed by atoms with van der Waals surface area (Å²) in [5.74, 6) is -0.368. The quantitative estimate of drug-likeness (QED) is 0.638. The first kappa shape index (κ1) is 21.3. The summed E-state index contributed by atoms with van der Waals surface area (Å²) in [4.78, 5) is 24.8. The van der Waals surface area contributed by atoms with Crippen LogP contribution in [0.15, 0.2) is 24.3 Å². The highest BCUT2D eigenvalue weighted by molar-refractivity contribution is 7.18. The van der Waals surface area contributed by atoms with Gasteiger partial charge in [0, 0.05) is 17.0 Å². The highest BCUT2D eigenvalue weighted by Crippen LogP contribution is 2.28. The molecule has 2 amide bonds. The summed E-state index contributed by atoms with van der Waals surface area (Å²) in [6.07, 6.45) is 2.94. The van der Waals surface area contributed by atoms with E-state index >= 15 is 0 Å². The third kappa shape index (κ3) is 6.29. The van der Waals surface area contributed by atoms with Gasteiger partial charge >= 0.3 is 0 Å². The van der Waals surface area contributed by atoms with E-state index < -0.39 is 6.04 Å². The molecule has 0 radical (unpaired) electrons. The lowest BCUT2D eigenvalue weighted by Crippen LogP contribution is -2.47. The van der Waals surface area contributed by atoms with Crippen molar-refractivity contribution in [3.05, 3.63) is 29.3 Å². The highest BCUT2D eigenvalue weighted by Gasteiger charge is 2.26. The van der Waals surface area contributed by atoms with Gasteiger partial charge in [-0.25, -0.2) is 0 Å². The molecule has 0 saturated carbocycles. The first-order chi connectivity index (χ1) is 12.9. The molecule has 27 heavy (non-hydrogen) atoms. The molecule has 146 valence electrons. The van der Waals surface area contributed by atoms with E-state index in [9.17, 15) is 9.59 Å². The summed E-state index contributed by atoms with van der Waals surface area (Å²) in [6, 6.07) is 6.70. The Bertz CT molecular complexity index is 781. The fourth-order valence-electron chi connectivity index (χ4n) is 2.48. The second-order valence-electron chi connectivity index (χ2n) is 6.45. The Morgan fingerprint density at radius 2 is 2.04 bits per heavy atom.